The van der Waals surface area contributed by atoms with Crippen LogP contribution >= 0.6 is 11.6 Å². The monoisotopic (exact) mass is 264 g/mol. The molecule has 6 heteroatoms. The lowest BCUT2D eigenvalue weighted by molar-refractivity contribution is 0.0626. The van der Waals surface area contributed by atoms with Gasteiger partial charge in [-0.05, 0) is 23.3 Å². The van der Waals surface area contributed by atoms with Gasteiger partial charge in [0.25, 0.3) is 0 Å². The summed E-state index contributed by atoms with van der Waals surface area (Å²) < 4.78 is 37.0. The first-order valence-electron chi connectivity index (χ1n) is 4.60. The van der Waals surface area contributed by atoms with Gasteiger partial charge in [-0.25, -0.2) is 12.8 Å². The number of benzene rings is 1. The number of aliphatic hydroxyl groups is 1. The van der Waals surface area contributed by atoms with Crippen molar-refractivity contribution in [2.75, 3.05) is 6.26 Å². The summed E-state index contributed by atoms with van der Waals surface area (Å²) in [5.41, 5.74) is 0.727. The minimum Gasteiger partial charge on any atom is -0.384 e. The molecule has 0 amide bonds. The Hall–Kier alpha value is -0.650. The van der Waals surface area contributed by atoms with Gasteiger partial charge in [-0.3, -0.25) is 0 Å². The van der Waals surface area contributed by atoms with E-state index in [1.54, 1.807) is 0 Å². The zero-order valence-electron chi connectivity index (χ0n) is 8.44. The topological polar surface area (TPSA) is 54.4 Å². The second kappa shape index (κ2) is 3.42. The third-order valence-corrected chi connectivity index (χ3v) is 4.69. The van der Waals surface area contributed by atoms with E-state index in [4.69, 9.17) is 11.6 Å². The first kappa shape index (κ1) is 11.8. The maximum Gasteiger partial charge on any atom is 0.243 e. The largest absolute Gasteiger partial charge is 0.384 e. The molecule has 1 N–H and O–H groups in total. The Morgan fingerprint density at radius 3 is 2.75 bits per heavy atom. The molecule has 3 nitrogen and oxygen atoms in total. The van der Waals surface area contributed by atoms with Gasteiger partial charge in [0.05, 0.1) is 0 Å². The minimum atomic E-state index is -3.99. The fraction of sp³-hybridized carbons (Fsp3) is 0.400. The molecule has 16 heavy (non-hydrogen) atoms. The van der Waals surface area contributed by atoms with Crippen molar-refractivity contribution in [1.29, 1.82) is 0 Å². The number of alkyl halides is 1. The number of hydrogen-bond acceptors (Lipinski definition) is 3. The summed E-state index contributed by atoms with van der Waals surface area (Å²) in [7, 11) is -3.99. The van der Waals surface area contributed by atoms with Crippen LogP contribution in [0.2, 0.25) is 5.02 Å². The van der Waals surface area contributed by atoms with Crippen LogP contribution in [0.25, 0.3) is 0 Å². The van der Waals surface area contributed by atoms with Gasteiger partial charge in [-0.2, -0.15) is 0 Å². The van der Waals surface area contributed by atoms with Crippen molar-refractivity contribution in [1.82, 2.24) is 0 Å². The van der Waals surface area contributed by atoms with Crippen LogP contribution in [0, 0.1) is 0 Å². The molecular weight excluding hydrogens is 255 g/mol. The lowest BCUT2D eigenvalue weighted by atomic mass is 10.1. The average Bonchev–Trinajstić information content (AvgIpc) is 2.39. The maximum atomic E-state index is 14.3. The zero-order valence-corrected chi connectivity index (χ0v) is 10.0. The molecule has 2 rings (SSSR count). The van der Waals surface area contributed by atoms with Crippen molar-refractivity contribution in [3.8, 4) is 0 Å². The van der Waals surface area contributed by atoms with Gasteiger partial charge >= 0.3 is 0 Å². The molecule has 0 saturated carbocycles. The van der Waals surface area contributed by atoms with E-state index in [1.165, 1.54) is 18.2 Å². The highest BCUT2D eigenvalue weighted by molar-refractivity contribution is 7.92. The summed E-state index contributed by atoms with van der Waals surface area (Å²) in [4.78, 5) is 0. The summed E-state index contributed by atoms with van der Waals surface area (Å²) in [6.07, 6.45) is -1.22. The molecule has 0 heterocycles. The van der Waals surface area contributed by atoms with Crippen LogP contribution < -0.4 is 0 Å². The average molecular weight is 265 g/mol. The molecular formula is C10H10ClFO3S. The molecule has 0 fully saturated rings. The van der Waals surface area contributed by atoms with Crippen LogP contribution in [0.5, 0.6) is 0 Å². The Morgan fingerprint density at radius 2 is 2.19 bits per heavy atom. The Morgan fingerprint density at radius 1 is 1.56 bits per heavy atom. The van der Waals surface area contributed by atoms with Gasteiger partial charge in [-0.1, -0.05) is 17.7 Å². The van der Waals surface area contributed by atoms with Gasteiger partial charge in [-0.15, -0.1) is 0 Å². The number of halogens is 2. The van der Waals surface area contributed by atoms with Crippen molar-refractivity contribution in [3.63, 3.8) is 0 Å². The lowest BCUT2D eigenvalue weighted by Crippen LogP contribution is -2.37. The highest BCUT2D eigenvalue weighted by Gasteiger charge is 2.54. The van der Waals surface area contributed by atoms with E-state index in [0.717, 1.165) is 6.26 Å². The molecule has 1 aliphatic carbocycles. The number of fused-ring (bicyclic) bond motifs is 1. The fourth-order valence-corrected chi connectivity index (χ4v) is 3.06. The number of aliphatic hydroxyl groups excluding tert-OH is 1. The van der Waals surface area contributed by atoms with Gasteiger partial charge in [0.1, 0.15) is 6.10 Å². The molecule has 88 valence electrons. The van der Waals surface area contributed by atoms with Gasteiger partial charge in [0.15, 0.2) is 9.84 Å². The van der Waals surface area contributed by atoms with E-state index < -0.39 is 20.9 Å². The first-order chi connectivity index (χ1) is 7.25. The number of rotatable bonds is 1. The normalized spacial score (nSPS) is 29.1. The lowest BCUT2D eigenvalue weighted by Gasteiger charge is -2.21. The first-order valence-corrected chi connectivity index (χ1v) is 6.87. The highest BCUT2D eigenvalue weighted by atomic mass is 35.5. The predicted octanol–water partition coefficient (Wildman–Crippen LogP) is 1.64. The molecule has 0 aliphatic heterocycles. The quantitative estimate of drug-likeness (QED) is 0.839. The van der Waals surface area contributed by atoms with Crippen LogP contribution in [0.3, 0.4) is 0 Å². The van der Waals surface area contributed by atoms with Gasteiger partial charge in [0.2, 0.25) is 5.00 Å². The smallest absolute Gasteiger partial charge is 0.243 e. The Bertz CT molecular complexity index is 543. The van der Waals surface area contributed by atoms with Crippen LogP contribution in [0.4, 0.5) is 4.39 Å². The van der Waals surface area contributed by atoms with Crippen molar-refractivity contribution in [2.45, 2.75) is 17.5 Å². The van der Waals surface area contributed by atoms with Crippen LogP contribution in [0.15, 0.2) is 18.2 Å². The van der Waals surface area contributed by atoms with E-state index in [1.807, 2.05) is 0 Å². The fourth-order valence-electron chi connectivity index (χ4n) is 1.92. The molecule has 2 atom stereocenters. The van der Waals surface area contributed by atoms with Gasteiger partial charge in [0, 0.05) is 17.7 Å². The third kappa shape index (κ3) is 1.54. The van der Waals surface area contributed by atoms with Crippen molar-refractivity contribution < 1.29 is 17.9 Å². The van der Waals surface area contributed by atoms with Crippen molar-refractivity contribution >= 4 is 21.4 Å². The van der Waals surface area contributed by atoms with E-state index in [2.05, 4.69) is 0 Å². The van der Waals surface area contributed by atoms with Crippen LogP contribution in [-0.4, -0.2) is 24.8 Å². The molecule has 0 radical (unpaired) electrons. The zero-order chi connectivity index (χ0) is 12.1. The molecule has 2 unspecified atom stereocenters. The second-order valence-corrected chi connectivity index (χ2v) is 6.64. The Balaban J connectivity index is 2.57. The molecule has 0 aromatic heterocycles. The Kier molecular flexibility index (Phi) is 2.53. The molecule has 0 bridgehead atoms. The summed E-state index contributed by atoms with van der Waals surface area (Å²) in [6.45, 7) is 0. The predicted molar refractivity (Wildman–Crippen MR) is 58.8 cm³/mol. The number of hydrogen-bond donors (Lipinski definition) is 1. The molecule has 1 aromatic carbocycles. The van der Waals surface area contributed by atoms with E-state index >= 15 is 0 Å². The summed E-state index contributed by atoms with van der Waals surface area (Å²) in [5, 5.41) is 7.48. The van der Waals surface area contributed by atoms with Crippen LogP contribution in [0.1, 0.15) is 17.2 Å². The van der Waals surface area contributed by atoms with E-state index in [-0.39, 0.29) is 12.0 Å². The third-order valence-electron chi connectivity index (χ3n) is 2.86. The summed E-state index contributed by atoms with van der Waals surface area (Å²) in [6, 6.07) is 4.43. The Labute approximate surface area is 97.8 Å². The van der Waals surface area contributed by atoms with E-state index in [9.17, 15) is 17.9 Å². The van der Waals surface area contributed by atoms with Crippen molar-refractivity contribution in [3.05, 3.63) is 34.3 Å². The van der Waals surface area contributed by atoms with Gasteiger partial charge < -0.3 is 5.11 Å². The molecule has 0 spiro atoms. The SMILES string of the molecule is CS(=O)(=O)C1(F)Cc2cc(Cl)ccc2C1O. The summed E-state index contributed by atoms with van der Waals surface area (Å²) in [5.74, 6) is 0. The second-order valence-electron chi connectivity index (χ2n) is 3.98. The van der Waals surface area contributed by atoms with E-state index in [0.29, 0.717) is 10.6 Å². The van der Waals surface area contributed by atoms with Crippen molar-refractivity contribution in [2.24, 2.45) is 0 Å². The molecule has 1 aliphatic rings. The minimum absolute atomic E-state index is 0.289. The standard InChI is InChI=1S/C10H10ClFO3S/c1-16(14,15)10(12)5-6-4-7(11)2-3-8(6)9(10)13/h2-4,9,13H,5H2,1H3. The highest BCUT2D eigenvalue weighted by Crippen LogP contribution is 2.45. The van der Waals surface area contributed by atoms with Crippen LogP contribution in [-0.2, 0) is 16.3 Å². The number of sulfone groups is 1. The molecule has 1 aromatic rings. The molecule has 0 saturated heterocycles. The maximum absolute atomic E-state index is 14.3. The summed E-state index contributed by atoms with van der Waals surface area (Å²) >= 11 is 5.72.